The van der Waals surface area contributed by atoms with E-state index in [1.54, 1.807) is 6.92 Å². The maximum atomic E-state index is 11.8. The Kier molecular flexibility index (Phi) is 5.04. The summed E-state index contributed by atoms with van der Waals surface area (Å²) in [5.74, 6) is 2.37. The normalized spacial score (nSPS) is 21.7. The Morgan fingerprint density at radius 1 is 1.17 bits per heavy atom. The molecular formula is C20H27NO2. The van der Waals surface area contributed by atoms with E-state index in [0.717, 1.165) is 30.4 Å². The number of carbonyl (C=O) groups is 1. The van der Waals surface area contributed by atoms with E-state index in [-0.39, 0.29) is 5.91 Å². The zero-order chi connectivity index (χ0) is 16.2. The van der Waals surface area contributed by atoms with Crippen molar-refractivity contribution in [3.05, 3.63) is 35.9 Å². The number of ether oxygens (including phenoxy) is 1. The van der Waals surface area contributed by atoms with Gasteiger partial charge in [0.15, 0.2) is 0 Å². The molecule has 1 aromatic carbocycles. The Bertz CT molecular complexity index is 587. The Morgan fingerprint density at radius 3 is 2.70 bits per heavy atom. The molecular weight excluding hydrogens is 286 g/mol. The van der Waals surface area contributed by atoms with Gasteiger partial charge in [0.05, 0.1) is 6.61 Å². The van der Waals surface area contributed by atoms with Crippen LogP contribution in [0.25, 0.3) is 0 Å². The number of fused-ring (bicyclic) bond motifs is 1. The minimum Gasteiger partial charge on any atom is -0.493 e. The molecule has 1 aliphatic carbocycles. The van der Waals surface area contributed by atoms with Crippen molar-refractivity contribution in [3.8, 4) is 5.75 Å². The third-order valence-corrected chi connectivity index (χ3v) is 5.26. The minimum atomic E-state index is -0.125. The smallest absolute Gasteiger partial charge is 0.250 e. The van der Waals surface area contributed by atoms with Crippen LogP contribution in [0.4, 0.5) is 5.69 Å². The molecule has 1 N–H and O–H groups in total. The summed E-state index contributed by atoms with van der Waals surface area (Å²) in [5, 5.41) is 2.89. The molecule has 1 amide bonds. The molecule has 0 saturated heterocycles. The van der Waals surface area contributed by atoms with E-state index in [1.165, 1.54) is 44.1 Å². The Balaban J connectivity index is 1.67. The van der Waals surface area contributed by atoms with Crippen LogP contribution >= 0.6 is 0 Å². The van der Waals surface area contributed by atoms with E-state index in [1.807, 2.05) is 12.1 Å². The molecule has 1 fully saturated rings. The van der Waals surface area contributed by atoms with Crippen LogP contribution in [0.3, 0.4) is 0 Å². The zero-order valence-corrected chi connectivity index (χ0v) is 14.1. The lowest BCUT2D eigenvalue weighted by Gasteiger charge is -2.28. The van der Waals surface area contributed by atoms with Crippen molar-refractivity contribution < 1.29 is 9.53 Å². The molecule has 1 atom stereocenters. The van der Waals surface area contributed by atoms with Crippen LogP contribution in [0, 0.1) is 11.8 Å². The number of hydrogen-bond donors (Lipinski definition) is 1. The quantitative estimate of drug-likeness (QED) is 0.820. The first-order valence-corrected chi connectivity index (χ1v) is 8.86. The minimum absolute atomic E-state index is 0.125. The van der Waals surface area contributed by atoms with E-state index in [0.29, 0.717) is 11.5 Å². The van der Waals surface area contributed by atoms with E-state index in [9.17, 15) is 4.79 Å². The third-order valence-electron chi connectivity index (χ3n) is 5.26. The molecule has 124 valence electrons. The van der Waals surface area contributed by atoms with E-state index >= 15 is 0 Å². The van der Waals surface area contributed by atoms with Crippen LogP contribution < -0.4 is 10.1 Å². The van der Waals surface area contributed by atoms with Crippen molar-refractivity contribution >= 4 is 11.6 Å². The Labute approximate surface area is 139 Å². The van der Waals surface area contributed by atoms with Crippen molar-refractivity contribution in [3.63, 3.8) is 0 Å². The second-order valence-electron chi connectivity index (χ2n) is 7.06. The van der Waals surface area contributed by atoms with Gasteiger partial charge in [-0.05, 0) is 55.4 Å². The summed E-state index contributed by atoms with van der Waals surface area (Å²) in [4.78, 5) is 11.8. The zero-order valence-electron chi connectivity index (χ0n) is 14.1. The number of rotatable bonds is 3. The average Bonchev–Trinajstić information content (AvgIpc) is 2.78. The van der Waals surface area contributed by atoms with Gasteiger partial charge in [0.2, 0.25) is 0 Å². The van der Waals surface area contributed by atoms with Crippen molar-refractivity contribution in [2.75, 3.05) is 11.9 Å². The second kappa shape index (κ2) is 7.20. The van der Waals surface area contributed by atoms with E-state index in [2.05, 4.69) is 18.0 Å². The van der Waals surface area contributed by atoms with Gasteiger partial charge in [-0.3, -0.25) is 4.79 Å². The van der Waals surface area contributed by atoms with Crippen LogP contribution in [-0.2, 0) is 11.2 Å². The number of amides is 1. The monoisotopic (exact) mass is 313 g/mol. The fraction of sp³-hybridized carbons (Fsp3) is 0.550. The van der Waals surface area contributed by atoms with Crippen LogP contribution in [0.1, 0.15) is 51.0 Å². The highest BCUT2D eigenvalue weighted by atomic mass is 16.5. The van der Waals surface area contributed by atoms with Gasteiger partial charge in [0.1, 0.15) is 5.75 Å². The number of nitrogens with one attached hydrogen (secondary N) is 1. The lowest BCUT2D eigenvalue weighted by atomic mass is 9.78. The summed E-state index contributed by atoms with van der Waals surface area (Å²) in [6, 6.07) is 5.96. The number of anilines is 1. The van der Waals surface area contributed by atoms with Crippen molar-refractivity contribution in [1.82, 2.24) is 0 Å². The molecule has 3 heteroatoms. The summed E-state index contributed by atoms with van der Waals surface area (Å²) >= 11 is 0. The standard InChI is InChI=1S/C20H27NO2/c1-14(2)20(22)21-18-10-11-19-16(12-18)8-9-17(13-23-19)15-6-4-3-5-7-15/h10-12,15,17H,1,3-9,13H2,2H3,(H,21,22). The SMILES string of the molecule is C=C(C)C(=O)Nc1ccc2c(c1)CCC(C1CCCCC1)CO2. The third kappa shape index (κ3) is 3.95. The molecule has 0 bridgehead atoms. The van der Waals surface area contributed by atoms with Gasteiger partial charge >= 0.3 is 0 Å². The molecule has 1 unspecified atom stereocenters. The van der Waals surface area contributed by atoms with Crippen molar-refractivity contribution in [1.29, 1.82) is 0 Å². The highest BCUT2D eigenvalue weighted by molar-refractivity contribution is 6.02. The van der Waals surface area contributed by atoms with Gasteiger partial charge in [-0.2, -0.15) is 0 Å². The first-order valence-electron chi connectivity index (χ1n) is 8.86. The topological polar surface area (TPSA) is 38.3 Å². The molecule has 1 aliphatic heterocycles. The largest absolute Gasteiger partial charge is 0.493 e. The summed E-state index contributed by atoms with van der Waals surface area (Å²) in [6.45, 7) is 6.24. The van der Waals surface area contributed by atoms with Crippen molar-refractivity contribution in [2.45, 2.75) is 51.9 Å². The van der Waals surface area contributed by atoms with Crippen LogP contribution in [-0.4, -0.2) is 12.5 Å². The van der Waals surface area contributed by atoms with Crippen LogP contribution in [0.2, 0.25) is 0 Å². The molecule has 1 heterocycles. The highest BCUT2D eigenvalue weighted by Crippen LogP contribution is 2.36. The summed E-state index contributed by atoms with van der Waals surface area (Å²) in [6.07, 6.45) is 9.11. The molecule has 2 aliphatic rings. The molecule has 0 spiro atoms. The molecule has 23 heavy (non-hydrogen) atoms. The van der Waals surface area contributed by atoms with Crippen LogP contribution in [0.15, 0.2) is 30.4 Å². The van der Waals surface area contributed by atoms with Gasteiger partial charge in [-0.25, -0.2) is 0 Å². The molecule has 0 radical (unpaired) electrons. The van der Waals surface area contributed by atoms with Gasteiger partial charge in [0, 0.05) is 11.3 Å². The second-order valence-corrected chi connectivity index (χ2v) is 7.06. The van der Waals surface area contributed by atoms with E-state index in [4.69, 9.17) is 4.74 Å². The van der Waals surface area contributed by atoms with Gasteiger partial charge in [0.25, 0.3) is 5.91 Å². The van der Waals surface area contributed by atoms with Gasteiger partial charge in [-0.15, -0.1) is 0 Å². The number of aryl methyl sites for hydroxylation is 1. The maximum absolute atomic E-state index is 11.8. The molecule has 1 aromatic rings. The highest BCUT2D eigenvalue weighted by Gasteiger charge is 2.26. The molecule has 0 aromatic heterocycles. The van der Waals surface area contributed by atoms with Crippen molar-refractivity contribution in [2.24, 2.45) is 11.8 Å². The summed E-state index contributed by atoms with van der Waals surface area (Å²) < 4.78 is 6.09. The van der Waals surface area contributed by atoms with E-state index < -0.39 is 0 Å². The fourth-order valence-electron chi connectivity index (χ4n) is 3.83. The Hall–Kier alpha value is -1.77. The summed E-state index contributed by atoms with van der Waals surface area (Å²) in [7, 11) is 0. The fourth-order valence-corrected chi connectivity index (χ4v) is 3.83. The lowest BCUT2D eigenvalue weighted by molar-refractivity contribution is -0.112. The Morgan fingerprint density at radius 2 is 1.96 bits per heavy atom. The molecule has 3 rings (SSSR count). The van der Waals surface area contributed by atoms with Gasteiger partial charge < -0.3 is 10.1 Å². The van der Waals surface area contributed by atoms with Gasteiger partial charge in [-0.1, -0.05) is 38.7 Å². The molecule has 1 saturated carbocycles. The molecule has 3 nitrogen and oxygen atoms in total. The first kappa shape index (κ1) is 16.1. The predicted octanol–water partition coefficient (Wildman–Crippen LogP) is 4.72. The first-order chi connectivity index (χ1) is 11.1. The predicted molar refractivity (Wildman–Crippen MR) is 93.8 cm³/mol. The maximum Gasteiger partial charge on any atom is 0.250 e. The lowest BCUT2D eigenvalue weighted by Crippen LogP contribution is -2.23. The average molecular weight is 313 g/mol. The summed E-state index contributed by atoms with van der Waals surface area (Å²) in [5.41, 5.74) is 2.56. The number of carbonyl (C=O) groups excluding carboxylic acids is 1. The van der Waals surface area contributed by atoms with Crippen LogP contribution in [0.5, 0.6) is 5.75 Å². The number of hydrogen-bond acceptors (Lipinski definition) is 2. The number of benzene rings is 1.